The van der Waals surface area contributed by atoms with E-state index in [1.54, 1.807) is 0 Å². The normalized spacial score (nSPS) is 9.80. The molecule has 15 heavy (non-hydrogen) atoms. The maximum absolute atomic E-state index is 4.85. The van der Waals surface area contributed by atoms with Crippen molar-refractivity contribution in [3.8, 4) is 0 Å². The lowest BCUT2D eigenvalue weighted by molar-refractivity contribution is 0.866. The van der Waals surface area contributed by atoms with Crippen LogP contribution in [-0.2, 0) is 0 Å². The summed E-state index contributed by atoms with van der Waals surface area (Å²) in [7, 11) is 0. The molecule has 0 fully saturated rings. The van der Waals surface area contributed by atoms with E-state index >= 15 is 0 Å². The number of hydrogen-bond acceptors (Lipinski definition) is 2. The van der Waals surface area contributed by atoms with Gasteiger partial charge in [-0.15, -0.1) is 12.6 Å². The molecule has 0 aliphatic carbocycles. The summed E-state index contributed by atoms with van der Waals surface area (Å²) in [6.45, 7) is 6.35. The average molecular weight is 240 g/mol. The number of hydrogen-bond donors (Lipinski definition) is 2. The molecule has 0 bridgehead atoms. The van der Waals surface area contributed by atoms with Gasteiger partial charge in [0.1, 0.15) is 4.32 Å². The quantitative estimate of drug-likeness (QED) is 0.621. The van der Waals surface area contributed by atoms with Crippen molar-refractivity contribution < 1.29 is 0 Å². The van der Waals surface area contributed by atoms with Gasteiger partial charge >= 0.3 is 0 Å². The fourth-order valence-electron chi connectivity index (χ4n) is 1.47. The van der Waals surface area contributed by atoms with Crippen LogP contribution < -0.4 is 10.2 Å². The van der Waals surface area contributed by atoms with Crippen molar-refractivity contribution in [3.05, 3.63) is 24.3 Å². The Balaban J connectivity index is 2.75. The molecule has 1 aromatic rings. The zero-order chi connectivity index (χ0) is 11.3. The molecule has 1 rings (SSSR count). The van der Waals surface area contributed by atoms with E-state index in [4.69, 9.17) is 12.2 Å². The zero-order valence-corrected chi connectivity index (χ0v) is 10.7. The predicted octanol–water partition coefficient (Wildman–Crippen LogP) is 3.16. The Labute approximate surface area is 102 Å². The summed E-state index contributed by atoms with van der Waals surface area (Å²) < 4.78 is 0.491. The maximum Gasteiger partial charge on any atom is 0.135 e. The van der Waals surface area contributed by atoms with Gasteiger partial charge in [0.15, 0.2) is 0 Å². The number of benzene rings is 1. The van der Waals surface area contributed by atoms with E-state index in [-0.39, 0.29) is 0 Å². The van der Waals surface area contributed by atoms with E-state index < -0.39 is 0 Å². The Morgan fingerprint density at radius 2 is 1.80 bits per heavy atom. The number of nitrogens with one attached hydrogen (secondary N) is 1. The lowest BCUT2D eigenvalue weighted by atomic mass is 10.2. The van der Waals surface area contributed by atoms with E-state index in [9.17, 15) is 0 Å². The van der Waals surface area contributed by atoms with Gasteiger partial charge in [0, 0.05) is 24.5 Å². The Hall–Kier alpha value is -0.740. The maximum atomic E-state index is 4.85. The molecule has 0 saturated heterocycles. The molecule has 0 spiro atoms. The van der Waals surface area contributed by atoms with Gasteiger partial charge in [0.05, 0.1) is 0 Å². The molecule has 1 aromatic carbocycles. The van der Waals surface area contributed by atoms with Gasteiger partial charge in [-0.25, -0.2) is 0 Å². The van der Waals surface area contributed by atoms with Crippen LogP contribution >= 0.6 is 24.8 Å². The molecular formula is C11H16N2S2. The van der Waals surface area contributed by atoms with E-state index in [0.717, 1.165) is 18.8 Å². The number of anilines is 2. The third-order valence-corrected chi connectivity index (χ3v) is 2.46. The molecule has 1 N–H and O–H groups in total. The highest BCUT2D eigenvalue weighted by Crippen LogP contribution is 2.17. The first-order valence-electron chi connectivity index (χ1n) is 5.02. The molecule has 82 valence electrons. The van der Waals surface area contributed by atoms with E-state index in [1.807, 2.05) is 12.1 Å². The second-order valence-electron chi connectivity index (χ2n) is 3.15. The van der Waals surface area contributed by atoms with Crippen LogP contribution in [0.15, 0.2) is 24.3 Å². The molecule has 0 unspecified atom stereocenters. The van der Waals surface area contributed by atoms with Crippen molar-refractivity contribution in [1.82, 2.24) is 0 Å². The first-order valence-corrected chi connectivity index (χ1v) is 5.87. The summed E-state index contributed by atoms with van der Waals surface area (Å²) in [5.41, 5.74) is 2.21. The molecular weight excluding hydrogens is 224 g/mol. The molecule has 0 aliphatic heterocycles. The smallest absolute Gasteiger partial charge is 0.135 e. The van der Waals surface area contributed by atoms with Crippen LogP contribution in [-0.4, -0.2) is 17.4 Å². The third kappa shape index (κ3) is 3.72. The highest BCUT2D eigenvalue weighted by atomic mass is 32.1. The minimum atomic E-state index is 0.491. The van der Waals surface area contributed by atoms with Gasteiger partial charge in [-0.1, -0.05) is 12.2 Å². The summed E-state index contributed by atoms with van der Waals surface area (Å²) >= 11 is 8.87. The second-order valence-corrected chi connectivity index (χ2v) is 4.31. The molecule has 0 amide bonds. The van der Waals surface area contributed by atoms with Crippen LogP contribution in [0.3, 0.4) is 0 Å². The van der Waals surface area contributed by atoms with Gasteiger partial charge in [-0.2, -0.15) is 0 Å². The predicted molar refractivity (Wildman–Crippen MR) is 75.2 cm³/mol. The monoisotopic (exact) mass is 240 g/mol. The molecule has 0 radical (unpaired) electrons. The first-order chi connectivity index (χ1) is 7.17. The first kappa shape index (κ1) is 12.3. The number of thiol groups is 1. The molecule has 2 nitrogen and oxygen atoms in total. The van der Waals surface area contributed by atoms with Crippen molar-refractivity contribution in [2.24, 2.45) is 0 Å². The molecule has 0 aliphatic rings. The van der Waals surface area contributed by atoms with Crippen LogP contribution in [0.5, 0.6) is 0 Å². The number of thiocarbonyl (C=S) groups is 1. The summed E-state index contributed by atoms with van der Waals surface area (Å²) in [4.78, 5) is 2.29. The average Bonchev–Trinajstić information content (AvgIpc) is 2.21. The minimum absolute atomic E-state index is 0.491. The summed E-state index contributed by atoms with van der Waals surface area (Å²) in [5, 5.41) is 2.98. The van der Waals surface area contributed by atoms with Gasteiger partial charge in [0.2, 0.25) is 0 Å². The van der Waals surface area contributed by atoms with Crippen LogP contribution in [0.4, 0.5) is 11.4 Å². The highest BCUT2D eigenvalue weighted by molar-refractivity contribution is 8.11. The Bertz CT molecular complexity index is 318. The van der Waals surface area contributed by atoms with Crippen molar-refractivity contribution in [2.75, 3.05) is 23.3 Å². The lowest BCUT2D eigenvalue weighted by Gasteiger charge is -2.21. The fraction of sp³-hybridized carbons (Fsp3) is 0.364. The largest absolute Gasteiger partial charge is 0.372 e. The number of rotatable bonds is 4. The molecule has 4 heteroatoms. The van der Waals surface area contributed by atoms with Gasteiger partial charge < -0.3 is 10.2 Å². The van der Waals surface area contributed by atoms with Crippen molar-refractivity contribution >= 4 is 40.5 Å². The second kappa shape index (κ2) is 5.98. The molecule has 0 atom stereocenters. The van der Waals surface area contributed by atoms with Crippen LogP contribution in [0, 0.1) is 0 Å². The summed E-state index contributed by atoms with van der Waals surface area (Å²) in [5.74, 6) is 0. The van der Waals surface area contributed by atoms with Crippen molar-refractivity contribution in [1.29, 1.82) is 0 Å². The SMILES string of the molecule is CCN(CC)c1ccc(NC(=S)S)cc1. The zero-order valence-electron chi connectivity index (χ0n) is 9.03. The Kier molecular flexibility index (Phi) is 4.91. The number of nitrogens with zero attached hydrogens (tertiary/aromatic N) is 1. The van der Waals surface area contributed by atoms with E-state index in [1.165, 1.54) is 5.69 Å². The Morgan fingerprint density at radius 3 is 2.20 bits per heavy atom. The topological polar surface area (TPSA) is 15.3 Å². The fourth-order valence-corrected chi connectivity index (χ4v) is 1.71. The molecule has 0 aromatic heterocycles. The van der Waals surface area contributed by atoms with Crippen LogP contribution in [0.1, 0.15) is 13.8 Å². The third-order valence-electron chi connectivity index (χ3n) is 2.25. The van der Waals surface area contributed by atoms with Crippen molar-refractivity contribution in [2.45, 2.75) is 13.8 Å². The van der Waals surface area contributed by atoms with Crippen molar-refractivity contribution in [3.63, 3.8) is 0 Å². The summed E-state index contributed by atoms with van der Waals surface area (Å²) in [6.07, 6.45) is 0. The van der Waals surface area contributed by atoms with Gasteiger partial charge in [0.25, 0.3) is 0 Å². The lowest BCUT2D eigenvalue weighted by Crippen LogP contribution is -2.21. The minimum Gasteiger partial charge on any atom is -0.372 e. The molecule has 0 saturated carbocycles. The molecule has 0 heterocycles. The summed E-state index contributed by atoms with van der Waals surface area (Å²) in [6, 6.07) is 8.19. The van der Waals surface area contributed by atoms with Gasteiger partial charge in [-0.05, 0) is 38.1 Å². The van der Waals surface area contributed by atoms with Crippen LogP contribution in [0.25, 0.3) is 0 Å². The van der Waals surface area contributed by atoms with E-state index in [2.05, 4.69) is 48.8 Å². The highest BCUT2D eigenvalue weighted by Gasteiger charge is 2.00. The van der Waals surface area contributed by atoms with E-state index in [0.29, 0.717) is 4.32 Å². The van der Waals surface area contributed by atoms with Gasteiger partial charge in [-0.3, -0.25) is 0 Å². The standard InChI is InChI=1S/C11H16N2S2/c1-3-13(4-2)10-7-5-9(6-8-10)12-11(14)15/h5-8H,3-4H2,1-2H3,(H2,12,14,15). The Morgan fingerprint density at radius 1 is 1.27 bits per heavy atom. The van der Waals surface area contributed by atoms with Crippen LogP contribution in [0.2, 0.25) is 0 Å².